The molecular weight excluding hydrogens is 216 g/mol. The lowest BCUT2D eigenvalue weighted by Gasteiger charge is -2.39. The predicted molar refractivity (Wildman–Crippen MR) is 66.4 cm³/mol. The Kier molecular flexibility index (Phi) is 3.71. The number of rotatable bonds is 2. The summed E-state index contributed by atoms with van der Waals surface area (Å²) < 4.78 is 0. The van der Waals surface area contributed by atoms with Crippen molar-refractivity contribution in [1.82, 2.24) is 0 Å². The van der Waals surface area contributed by atoms with Crippen molar-refractivity contribution in [3.8, 4) is 0 Å². The molecule has 0 saturated carbocycles. The van der Waals surface area contributed by atoms with Crippen molar-refractivity contribution in [3.63, 3.8) is 0 Å². The molecule has 0 radical (unpaired) electrons. The third kappa shape index (κ3) is 2.32. The van der Waals surface area contributed by atoms with Crippen molar-refractivity contribution in [3.05, 3.63) is 23.3 Å². The molecule has 0 fully saturated rings. The van der Waals surface area contributed by atoms with E-state index in [1.807, 2.05) is 6.92 Å². The Hall–Kier alpha value is -0.640. The highest BCUT2D eigenvalue weighted by Gasteiger charge is 2.36. The summed E-state index contributed by atoms with van der Waals surface area (Å²) in [4.78, 5) is 0. The quantitative estimate of drug-likeness (QED) is 0.637. The van der Waals surface area contributed by atoms with Gasteiger partial charge in [-0.05, 0) is 37.2 Å². The lowest BCUT2D eigenvalue weighted by atomic mass is 9.70. The Labute approximate surface area is 102 Å². The topological polar surface area (TPSA) is 60.7 Å². The summed E-state index contributed by atoms with van der Waals surface area (Å²) in [5.74, 6) is 0.367. The van der Waals surface area contributed by atoms with Gasteiger partial charge in [0.1, 0.15) is 0 Å². The maximum absolute atomic E-state index is 9.91. The van der Waals surface area contributed by atoms with Crippen molar-refractivity contribution in [1.29, 1.82) is 0 Å². The van der Waals surface area contributed by atoms with E-state index in [1.54, 1.807) is 0 Å². The summed E-state index contributed by atoms with van der Waals surface area (Å²) in [5.41, 5.74) is 3.50. The van der Waals surface area contributed by atoms with Crippen LogP contribution >= 0.6 is 0 Å². The second-order valence-corrected chi connectivity index (χ2v) is 5.44. The van der Waals surface area contributed by atoms with Crippen molar-refractivity contribution < 1.29 is 15.3 Å². The molecule has 0 aliphatic heterocycles. The molecule has 0 amide bonds. The summed E-state index contributed by atoms with van der Waals surface area (Å²) in [7, 11) is 0. The molecule has 0 bridgehead atoms. The van der Waals surface area contributed by atoms with Crippen LogP contribution < -0.4 is 0 Å². The minimum Gasteiger partial charge on any atom is -0.392 e. The third-order valence-corrected chi connectivity index (χ3v) is 4.41. The van der Waals surface area contributed by atoms with E-state index in [1.165, 1.54) is 11.1 Å². The van der Waals surface area contributed by atoms with Crippen LogP contribution in [0.15, 0.2) is 23.3 Å². The average Bonchev–Trinajstić information content (AvgIpc) is 2.35. The van der Waals surface area contributed by atoms with E-state index in [0.29, 0.717) is 12.3 Å². The normalized spacial score (nSPS) is 37.9. The number of hydrogen-bond donors (Lipinski definition) is 3. The lowest BCUT2D eigenvalue weighted by molar-refractivity contribution is -0.0143. The molecule has 0 aromatic rings. The van der Waals surface area contributed by atoms with Crippen LogP contribution in [-0.4, -0.2) is 34.1 Å². The molecule has 4 atom stereocenters. The first-order valence-corrected chi connectivity index (χ1v) is 6.40. The SMILES string of the molecule is C=C(CO)C1CCC2=C(C1)C(C)C(O)C(O)C2. The molecule has 0 spiro atoms. The summed E-state index contributed by atoms with van der Waals surface area (Å²) >= 11 is 0. The lowest BCUT2D eigenvalue weighted by Crippen LogP contribution is -2.39. The predicted octanol–water partition coefficient (Wildman–Crippen LogP) is 1.39. The van der Waals surface area contributed by atoms with Gasteiger partial charge in [-0.2, -0.15) is 0 Å². The Morgan fingerprint density at radius 2 is 2.06 bits per heavy atom. The maximum atomic E-state index is 9.91. The third-order valence-electron chi connectivity index (χ3n) is 4.41. The fourth-order valence-electron chi connectivity index (χ4n) is 3.15. The minimum absolute atomic E-state index is 0.0306. The fraction of sp³-hybridized carbons (Fsp3) is 0.714. The molecule has 2 aliphatic carbocycles. The molecular formula is C14H22O3. The Morgan fingerprint density at radius 1 is 1.35 bits per heavy atom. The van der Waals surface area contributed by atoms with Crippen molar-refractivity contribution in [2.45, 2.75) is 44.8 Å². The summed E-state index contributed by atoms with van der Waals surface area (Å²) in [6.45, 7) is 5.94. The van der Waals surface area contributed by atoms with E-state index in [2.05, 4.69) is 6.58 Å². The molecule has 4 unspecified atom stereocenters. The van der Waals surface area contributed by atoms with Gasteiger partial charge in [0, 0.05) is 5.92 Å². The zero-order chi connectivity index (χ0) is 12.6. The summed E-state index contributed by atoms with van der Waals surface area (Å²) in [6, 6.07) is 0. The molecule has 3 N–H and O–H groups in total. The van der Waals surface area contributed by atoms with Crippen molar-refractivity contribution in [2.24, 2.45) is 11.8 Å². The molecule has 0 aromatic carbocycles. The number of aliphatic hydroxyl groups is 3. The van der Waals surface area contributed by atoms with Crippen LogP contribution in [0.25, 0.3) is 0 Å². The van der Waals surface area contributed by atoms with E-state index in [4.69, 9.17) is 5.11 Å². The van der Waals surface area contributed by atoms with Gasteiger partial charge >= 0.3 is 0 Å². The summed E-state index contributed by atoms with van der Waals surface area (Å²) in [5, 5.41) is 28.8. The van der Waals surface area contributed by atoms with Gasteiger partial charge in [-0.25, -0.2) is 0 Å². The highest BCUT2D eigenvalue weighted by molar-refractivity contribution is 5.28. The molecule has 2 rings (SSSR count). The largest absolute Gasteiger partial charge is 0.392 e. The van der Waals surface area contributed by atoms with Gasteiger partial charge in [-0.15, -0.1) is 0 Å². The smallest absolute Gasteiger partial charge is 0.0864 e. The van der Waals surface area contributed by atoms with Gasteiger partial charge in [-0.1, -0.05) is 24.6 Å². The number of aliphatic hydroxyl groups excluding tert-OH is 3. The molecule has 2 aliphatic rings. The Balaban J connectivity index is 2.17. The van der Waals surface area contributed by atoms with Crippen LogP contribution in [0.5, 0.6) is 0 Å². The molecule has 0 heterocycles. The second-order valence-electron chi connectivity index (χ2n) is 5.44. The molecule has 3 heteroatoms. The van der Waals surface area contributed by atoms with E-state index in [-0.39, 0.29) is 12.5 Å². The standard InChI is InChI=1S/C14H22O3/c1-8(7-15)10-3-4-11-6-13(16)14(17)9(2)12(11)5-10/h9-10,13-17H,1,3-7H2,2H3. The fourth-order valence-corrected chi connectivity index (χ4v) is 3.15. The zero-order valence-corrected chi connectivity index (χ0v) is 10.4. The van der Waals surface area contributed by atoms with Gasteiger partial charge in [0.25, 0.3) is 0 Å². The van der Waals surface area contributed by atoms with Crippen molar-refractivity contribution >= 4 is 0 Å². The van der Waals surface area contributed by atoms with E-state index < -0.39 is 12.2 Å². The van der Waals surface area contributed by atoms with Crippen LogP contribution in [0.4, 0.5) is 0 Å². The minimum atomic E-state index is -0.644. The first kappa shape index (κ1) is 12.8. The van der Waals surface area contributed by atoms with Crippen LogP contribution in [0.3, 0.4) is 0 Å². The maximum Gasteiger partial charge on any atom is 0.0864 e. The average molecular weight is 238 g/mol. The van der Waals surface area contributed by atoms with Crippen molar-refractivity contribution in [2.75, 3.05) is 6.61 Å². The first-order valence-electron chi connectivity index (χ1n) is 6.40. The second kappa shape index (κ2) is 4.92. The van der Waals surface area contributed by atoms with Crippen LogP contribution in [-0.2, 0) is 0 Å². The molecule has 96 valence electrons. The van der Waals surface area contributed by atoms with Crippen LogP contribution in [0.2, 0.25) is 0 Å². The van der Waals surface area contributed by atoms with Crippen LogP contribution in [0, 0.1) is 11.8 Å². The van der Waals surface area contributed by atoms with Gasteiger partial charge in [0.2, 0.25) is 0 Å². The Bertz CT molecular complexity index is 345. The molecule has 17 heavy (non-hydrogen) atoms. The first-order chi connectivity index (χ1) is 8.04. The Morgan fingerprint density at radius 3 is 2.71 bits per heavy atom. The van der Waals surface area contributed by atoms with Gasteiger partial charge in [0.15, 0.2) is 0 Å². The summed E-state index contributed by atoms with van der Waals surface area (Å²) in [6.07, 6.45) is 2.22. The van der Waals surface area contributed by atoms with E-state index >= 15 is 0 Å². The molecule has 3 nitrogen and oxygen atoms in total. The van der Waals surface area contributed by atoms with Gasteiger partial charge in [0.05, 0.1) is 18.8 Å². The van der Waals surface area contributed by atoms with Gasteiger partial charge in [-0.3, -0.25) is 0 Å². The molecule has 0 saturated heterocycles. The highest BCUT2D eigenvalue weighted by Crippen LogP contribution is 2.42. The zero-order valence-electron chi connectivity index (χ0n) is 10.4. The van der Waals surface area contributed by atoms with Crippen LogP contribution in [0.1, 0.15) is 32.6 Å². The van der Waals surface area contributed by atoms with E-state index in [9.17, 15) is 10.2 Å². The van der Waals surface area contributed by atoms with E-state index in [0.717, 1.165) is 24.8 Å². The number of hydrogen-bond acceptors (Lipinski definition) is 3. The highest BCUT2D eigenvalue weighted by atomic mass is 16.3. The van der Waals surface area contributed by atoms with Gasteiger partial charge < -0.3 is 15.3 Å². The monoisotopic (exact) mass is 238 g/mol. The molecule has 0 aromatic heterocycles.